The van der Waals surface area contributed by atoms with Crippen molar-refractivity contribution in [2.75, 3.05) is 4.90 Å². The number of benzene rings is 1. The molecule has 0 aliphatic rings. The highest BCUT2D eigenvalue weighted by Crippen LogP contribution is 2.24. The van der Waals surface area contributed by atoms with Crippen LogP contribution in [0, 0.1) is 6.92 Å². The first-order valence-electron chi connectivity index (χ1n) is 8.53. The number of aromatic nitrogens is 5. The van der Waals surface area contributed by atoms with Crippen molar-refractivity contribution in [1.82, 2.24) is 24.5 Å². The zero-order chi connectivity index (χ0) is 17.9. The van der Waals surface area contributed by atoms with E-state index in [9.17, 15) is 0 Å². The number of hydrogen-bond donors (Lipinski definition) is 0. The summed E-state index contributed by atoms with van der Waals surface area (Å²) in [5, 5.41) is 0. The van der Waals surface area contributed by atoms with Crippen molar-refractivity contribution in [2.45, 2.75) is 20.0 Å². The molecular formula is C20H20N6. The van der Waals surface area contributed by atoms with E-state index in [0.29, 0.717) is 6.54 Å². The van der Waals surface area contributed by atoms with E-state index in [2.05, 4.69) is 56.0 Å². The Hall–Kier alpha value is -3.28. The van der Waals surface area contributed by atoms with Gasteiger partial charge in [0.2, 0.25) is 0 Å². The highest BCUT2D eigenvalue weighted by Gasteiger charge is 2.17. The molecule has 0 saturated carbocycles. The highest BCUT2D eigenvalue weighted by molar-refractivity contribution is 5.83. The molecule has 0 amide bonds. The smallest absolute Gasteiger partial charge is 0.165 e. The number of imidazole rings is 1. The Kier molecular flexibility index (Phi) is 4.31. The van der Waals surface area contributed by atoms with Crippen molar-refractivity contribution in [2.24, 2.45) is 7.05 Å². The van der Waals surface area contributed by atoms with Gasteiger partial charge in [0, 0.05) is 19.8 Å². The Morgan fingerprint density at radius 3 is 2.69 bits per heavy atom. The summed E-state index contributed by atoms with van der Waals surface area (Å²) in [6.45, 7) is 3.48. The number of fused-ring (bicyclic) bond motifs is 1. The maximum atomic E-state index is 4.55. The van der Waals surface area contributed by atoms with Gasteiger partial charge in [-0.05, 0) is 24.6 Å². The van der Waals surface area contributed by atoms with Gasteiger partial charge in [0.15, 0.2) is 17.0 Å². The molecule has 0 spiro atoms. The van der Waals surface area contributed by atoms with Crippen LogP contribution in [0.4, 0.5) is 5.82 Å². The highest BCUT2D eigenvalue weighted by atomic mass is 15.2. The van der Waals surface area contributed by atoms with Gasteiger partial charge in [0.1, 0.15) is 6.33 Å². The molecule has 0 N–H and O–H groups in total. The van der Waals surface area contributed by atoms with Crippen LogP contribution in [0.3, 0.4) is 0 Å². The summed E-state index contributed by atoms with van der Waals surface area (Å²) in [7, 11) is 1.94. The van der Waals surface area contributed by atoms with Crippen molar-refractivity contribution in [1.29, 1.82) is 0 Å². The predicted octanol–water partition coefficient (Wildman–Crippen LogP) is 3.27. The molecule has 0 fully saturated rings. The second kappa shape index (κ2) is 6.92. The molecule has 0 radical (unpaired) electrons. The van der Waals surface area contributed by atoms with Crippen molar-refractivity contribution >= 4 is 17.0 Å². The Balaban J connectivity index is 1.76. The van der Waals surface area contributed by atoms with Crippen LogP contribution in [0.2, 0.25) is 0 Å². The number of anilines is 1. The standard InChI is InChI=1S/C20H20N6/c1-15-6-5-7-16(10-15)11-26(12-17-8-3-4-9-21-17)20-18-19(22-13-23-20)25(2)14-24-18/h3-10,13-14H,11-12H2,1-2H3. The van der Waals surface area contributed by atoms with E-state index in [1.165, 1.54) is 11.1 Å². The summed E-state index contributed by atoms with van der Waals surface area (Å²) in [5.41, 5.74) is 5.08. The molecule has 26 heavy (non-hydrogen) atoms. The molecular weight excluding hydrogens is 324 g/mol. The van der Waals surface area contributed by atoms with E-state index in [1.54, 1.807) is 12.7 Å². The van der Waals surface area contributed by atoms with Crippen LogP contribution in [0.25, 0.3) is 11.2 Å². The lowest BCUT2D eigenvalue weighted by Gasteiger charge is -2.24. The number of nitrogens with zero attached hydrogens (tertiary/aromatic N) is 6. The maximum Gasteiger partial charge on any atom is 0.165 e. The van der Waals surface area contributed by atoms with Crippen LogP contribution >= 0.6 is 0 Å². The lowest BCUT2D eigenvalue weighted by atomic mass is 10.1. The van der Waals surface area contributed by atoms with Gasteiger partial charge in [-0.1, -0.05) is 35.9 Å². The summed E-state index contributed by atoms with van der Waals surface area (Å²) in [5.74, 6) is 0.822. The average Bonchev–Trinajstić information content (AvgIpc) is 3.03. The number of aryl methyl sites for hydroxylation is 2. The largest absolute Gasteiger partial charge is 0.344 e. The Labute approximate surface area is 152 Å². The second-order valence-corrected chi connectivity index (χ2v) is 6.39. The van der Waals surface area contributed by atoms with E-state index < -0.39 is 0 Å². The van der Waals surface area contributed by atoms with Crippen molar-refractivity contribution < 1.29 is 0 Å². The Morgan fingerprint density at radius 2 is 1.88 bits per heavy atom. The van der Waals surface area contributed by atoms with E-state index >= 15 is 0 Å². The van der Waals surface area contributed by atoms with Gasteiger partial charge < -0.3 is 9.47 Å². The third-order valence-electron chi connectivity index (χ3n) is 4.31. The maximum absolute atomic E-state index is 4.55. The normalized spacial score (nSPS) is 11.0. The second-order valence-electron chi connectivity index (χ2n) is 6.39. The molecule has 6 heteroatoms. The fraction of sp³-hybridized carbons (Fsp3) is 0.200. The molecule has 0 unspecified atom stereocenters. The van der Waals surface area contributed by atoms with Crippen molar-refractivity contribution in [3.05, 3.63) is 78.1 Å². The van der Waals surface area contributed by atoms with Crippen LogP contribution in [0.1, 0.15) is 16.8 Å². The lowest BCUT2D eigenvalue weighted by molar-refractivity contribution is 0.767. The molecule has 0 saturated heterocycles. The van der Waals surface area contributed by atoms with Crippen LogP contribution in [-0.4, -0.2) is 24.5 Å². The number of hydrogen-bond acceptors (Lipinski definition) is 5. The quantitative estimate of drug-likeness (QED) is 0.556. The van der Waals surface area contributed by atoms with E-state index in [0.717, 1.165) is 29.2 Å². The third-order valence-corrected chi connectivity index (χ3v) is 4.31. The molecule has 4 aromatic rings. The van der Waals surface area contributed by atoms with Crippen LogP contribution < -0.4 is 4.90 Å². The molecule has 3 heterocycles. The summed E-state index contributed by atoms with van der Waals surface area (Å²) in [6, 6.07) is 14.5. The summed E-state index contributed by atoms with van der Waals surface area (Å²) in [4.78, 5) is 20.1. The summed E-state index contributed by atoms with van der Waals surface area (Å²) in [6.07, 6.45) is 5.19. The van der Waals surface area contributed by atoms with Crippen molar-refractivity contribution in [3.63, 3.8) is 0 Å². The zero-order valence-electron chi connectivity index (χ0n) is 14.9. The zero-order valence-corrected chi connectivity index (χ0v) is 14.9. The van der Waals surface area contributed by atoms with E-state index in [-0.39, 0.29) is 0 Å². The van der Waals surface area contributed by atoms with Gasteiger partial charge in [0.25, 0.3) is 0 Å². The number of pyridine rings is 1. The first kappa shape index (κ1) is 16.2. The monoisotopic (exact) mass is 344 g/mol. The minimum Gasteiger partial charge on any atom is -0.344 e. The topological polar surface area (TPSA) is 59.7 Å². The molecule has 1 aromatic carbocycles. The fourth-order valence-electron chi connectivity index (χ4n) is 3.09. The molecule has 4 rings (SSSR count). The van der Waals surface area contributed by atoms with Gasteiger partial charge in [-0.2, -0.15) is 0 Å². The van der Waals surface area contributed by atoms with Gasteiger partial charge >= 0.3 is 0 Å². The average molecular weight is 344 g/mol. The molecule has 130 valence electrons. The van der Waals surface area contributed by atoms with Gasteiger partial charge in [-0.25, -0.2) is 15.0 Å². The molecule has 0 atom stereocenters. The van der Waals surface area contributed by atoms with Crippen LogP contribution in [0.15, 0.2) is 61.3 Å². The summed E-state index contributed by atoms with van der Waals surface area (Å²) < 4.78 is 1.91. The van der Waals surface area contributed by atoms with Gasteiger partial charge in [-0.15, -0.1) is 0 Å². The third kappa shape index (κ3) is 3.26. The fourth-order valence-corrected chi connectivity index (χ4v) is 3.09. The molecule has 0 aliphatic heterocycles. The Morgan fingerprint density at radius 1 is 0.962 bits per heavy atom. The van der Waals surface area contributed by atoms with Crippen LogP contribution in [0.5, 0.6) is 0 Å². The van der Waals surface area contributed by atoms with E-state index in [4.69, 9.17) is 0 Å². The first-order chi connectivity index (χ1) is 12.7. The van der Waals surface area contributed by atoms with Crippen molar-refractivity contribution in [3.8, 4) is 0 Å². The SMILES string of the molecule is Cc1cccc(CN(Cc2ccccn2)c2ncnc3c2ncn3C)c1. The molecule has 6 nitrogen and oxygen atoms in total. The summed E-state index contributed by atoms with van der Waals surface area (Å²) >= 11 is 0. The van der Waals surface area contributed by atoms with E-state index in [1.807, 2.05) is 36.0 Å². The lowest BCUT2D eigenvalue weighted by Crippen LogP contribution is -2.24. The molecule has 3 aromatic heterocycles. The minimum atomic E-state index is 0.650. The van der Waals surface area contributed by atoms with Gasteiger partial charge in [-0.3, -0.25) is 4.98 Å². The van der Waals surface area contributed by atoms with Gasteiger partial charge in [0.05, 0.1) is 18.6 Å². The minimum absolute atomic E-state index is 0.650. The Bertz CT molecular complexity index is 1020. The molecule has 0 aliphatic carbocycles. The molecule has 0 bridgehead atoms. The number of rotatable bonds is 5. The van der Waals surface area contributed by atoms with Crippen LogP contribution in [-0.2, 0) is 20.1 Å². The predicted molar refractivity (Wildman–Crippen MR) is 102 cm³/mol. The first-order valence-corrected chi connectivity index (χ1v) is 8.53.